The minimum absolute atomic E-state index is 0.0951. The number of nitrogens with one attached hydrogen (secondary N) is 1. The molecule has 1 amide bonds. The maximum Gasteiger partial charge on any atom is 0.251 e. The molecular formula is C23H31BrN2O3S. The Bertz CT molecular complexity index is 930. The smallest absolute Gasteiger partial charge is 0.251 e. The molecule has 0 aliphatic rings. The zero-order valence-corrected chi connectivity index (χ0v) is 20.3. The summed E-state index contributed by atoms with van der Waals surface area (Å²) in [6, 6.07) is 14.3. The predicted octanol–water partition coefficient (Wildman–Crippen LogP) is 5.36. The van der Waals surface area contributed by atoms with Crippen LogP contribution in [0.25, 0.3) is 0 Å². The first-order valence-corrected chi connectivity index (χ1v) is 13.0. The minimum atomic E-state index is -3.47. The summed E-state index contributed by atoms with van der Waals surface area (Å²) in [6.45, 7) is 5.20. The topological polar surface area (TPSA) is 66.5 Å². The summed E-state index contributed by atoms with van der Waals surface area (Å²) in [7, 11) is -3.47. The van der Waals surface area contributed by atoms with Crippen LogP contribution in [0.1, 0.15) is 55.5 Å². The van der Waals surface area contributed by atoms with Crippen LogP contribution >= 0.6 is 15.9 Å². The maximum absolute atomic E-state index is 12.5. The normalized spacial score (nSPS) is 12.4. The van der Waals surface area contributed by atoms with Crippen molar-refractivity contribution in [3.05, 3.63) is 64.1 Å². The molecule has 0 spiro atoms. The summed E-state index contributed by atoms with van der Waals surface area (Å²) in [5, 5.41) is 3.03. The predicted molar refractivity (Wildman–Crippen MR) is 127 cm³/mol. The van der Waals surface area contributed by atoms with Gasteiger partial charge in [-0.1, -0.05) is 57.4 Å². The van der Waals surface area contributed by atoms with Crippen LogP contribution < -0.4 is 9.62 Å². The Balaban J connectivity index is 2.07. The average Bonchev–Trinajstić information content (AvgIpc) is 2.72. The molecule has 0 aliphatic carbocycles. The summed E-state index contributed by atoms with van der Waals surface area (Å²) in [5.41, 5.74) is 1.97. The van der Waals surface area contributed by atoms with Gasteiger partial charge in [0.15, 0.2) is 0 Å². The van der Waals surface area contributed by atoms with Gasteiger partial charge in [0.2, 0.25) is 10.0 Å². The van der Waals surface area contributed by atoms with Crippen LogP contribution in [0.3, 0.4) is 0 Å². The van der Waals surface area contributed by atoms with Gasteiger partial charge in [-0.05, 0) is 58.1 Å². The Morgan fingerprint density at radius 2 is 1.77 bits per heavy atom. The van der Waals surface area contributed by atoms with Crippen LogP contribution in [-0.2, 0) is 16.6 Å². The third kappa shape index (κ3) is 7.13. The number of amides is 1. The number of benzene rings is 2. The van der Waals surface area contributed by atoms with Crippen molar-refractivity contribution in [2.24, 2.45) is 5.92 Å². The van der Waals surface area contributed by atoms with Crippen LogP contribution in [0.4, 0.5) is 5.69 Å². The van der Waals surface area contributed by atoms with E-state index >= 15 is 0 Å². The lowest BCUT2D eigenvalue weighted by Gasteiger charge is -2.23. The Labute approximate surface area is 189 Å². The van der Waals surface area contributed by atoms with Gasteiger partial charge in [-0.15, -0.1) is 0 Å². The molecule has 0 unspecified atom stereocenters. The van der Waals surface area contributed by atoms with E-state index < -0.39 is 10.0 Å². The SMILES string of the molecule is CCCC[C@H](CC)CNC(=O)c1ccc(CN(c2ccccc2Br)S(C)(=O)=O)cc1. The number of hydrogen-bond acceptors (Lipinski definition) is 3. The maximum atomic E-state index is 12.5. The average molecular weight is 495 g/mol. The van der Waals surface area contributed by atoms with E-state index in [9.17, 15) is 13.2 Å². The lowest BCUT2D eigenvalue weighted by molar-refractivity contribution is 0.0946. The molecule has 164 valence electrons. The quantitative estimate of drug-likeness (QED) is 0.456. The summed E-state index contributed by atoms with van der Waals surface area (Å²) in [5.74, 6) is 0.406. The second kappa shape index (κ2) is 11.5. The highest BCUT2D eigenvalue weighted by Gasteiger charge is 2.20. The fourth-order valence-electron chi connectivity index (χ4n) is 3.24. The monoisotopic (exact) mass is 494 g/mol. The lowest BCUT2D eigenvalue weighted by atomic mass is 9.99. The van der Waals surface area contributed by atoms with Gasteiger partial charge in [-0.3, -0.25) is 9.10 Å². The van der Waals surface area contributed by atoms with E-state index in [1.807, 2.05) is 12.1 Å². The zero-order valence-electron chi connectivity index (χ0n) is 17.9. The van der Waals surface area contributed by atoms with Crippen molar-refractivity contribution < 1.29 is 13.2 Å². The van der Waals surface area contributed by atoms with E-state index in [1.54, 1.807) is 36.4 Å². The van der Waals surface area contributed by atoms with Crippen LogP contribution in [0, 0.1) is 5.92 Å². The number of sulfonamides is 1. The number of carbonyl (C=O) groups excluding carboxylic acids is 1. The molecule has 2 aromatic carbocycles. The van der Waals surface area contributed by atoms with Crippen LogP contribution in [-0.4, -0.2) is 27.1 Å². The summed E-state index contributed by atoms with van der Waals surface area (Å²) >= 11 is 3.42. The number of nitrogens with zero attached hydrogens (tertiary/aromatic N) is 1. The van der Waals surface area contributed by atoms with E-state index in [0.29, 0.717) is 28.2 Å². The van der Waals surface area contributed by atoms with Crippen LogP contribution in [0.2, 0.25) is 0 Å². The number of halogens is 1. The third-order valence-corrected chi connectivity index (χ3v) is 6.96. The molecule has 0 saturated carbocycles. The summed E-state index contributed by atoms with van der Waals surface area (Å²) < 4.78 is 26.8. The van der Waals surface area contributed by atoms with E-state index in [0.717, 1.165) is 24.8 Å². The van der Waals surface area contributed by atoms with Gasteiger partial charge in [-0.2, -0.15) is 0 Å². The molecule has 30 heavy (non-hydrogen) atoms. The Hall–Kier alpha value is -1.86. The Morgan fingerprint density at radius 1 is 1.10 bits per heavy atom. The highest BCUT2D eigenvalue weighted by atomic mass is 79.9. The fraction of sp³-hybridized carbons (Fsp3) is 0.435. The number of anilines is 1. The van der Waals surface area contributed by atoms with E-state index in [1.165, 1.54) is 17.0 Å². The molecule has 2 rings (SSSR count). The molecule has 2 aromatic rings. The van der Waals surface area contributed by atoms with E-state index in [2.05, 4.69) is 35.1 Å². The zero-order chi connectivity index (χ0) is 22.1. The molecule has 7 heteroatoms. The minimum Gasteiger partial charge on any atom is -0.352 e. The molecule has 0 aromatic heterocycles. The largest absolute Gasteiger partial charge is 0.352 e. The number of carbonyl (C=O) groups is 1. The molecule has 1 atom stereocenters. The van der Waals surface area contributed by atoms with Crippen LogP contribution in [0.5, 0.6) is 0 Å². The number of hydrogen-bond donors (Lipinski definition) is 1. The van der Waals surface area contributed by atoms with Crippen molar-refractivity contribution >= 4 is 37.5 Å². The van der Waals surface area contributed by atoms with Gasteiger partial charge in [0.05, 0.1) is 18.5 Å². The van der Waals surface area contributed by atoms with Gasteiger partial charge in [0, 0.05) is 16.6 Å². The van der Waals surface area contributed by atoms with E-state index in [-0.39, 0.29) is 12.5 Å². The first-order chi connectivity index (χ1) is 14.3. The molecule has 0 saturated heterocycles. The molecule has 5 nitrogen and oxygen atoms in total. The highest BCUT2D eigenvalue weighted by Crippen LogP contribution is 2.29. The van der Waals surface area contributed by atoms with Crippen molar-refractivity contribution in [1.82, 2.24) is 5.32 Å². The summed E-state index contributed by atoms with van der Waals surface area (Å²) in [4.78, 5) is 12.5. The number of rotatable bonds is 11. The first-order valence-electron chi connectivity index (χ1n) is 10.4. The van der Waals surface area contributed by atoms with Gasteiger partial charge >= 0.3 is 0 Å². The van der Waals surface area contributed by atoms with Crippen molar-refractivity contribution in [2.75, 3.05) is 17.1 Å². The fourth-order valence-corrected chi connectivity index (χ4v) is 4.76. The number of unbranched alkanes of at least 4 members (excludes halogenated alkanes) is 1. The Kier molecular flexibility index (Phi) is 9.37. The second-order valence-corrected chi connectivity index (χ2v) is 10.3. The molecular weight excluding hydrogens is 464 g/mol. The van der Waals surface area contributed by atoms with Gasteiger partial charge in [0.25, 0.3) is 5.91 Å². The summed E-state index contributed by atoms with van der Waals surface area (Å²) in [6.07, 6.45) is 5.71. The third-order valence-electron chi connectivity index (χ3n) is 5.16. The van der Waals surface area contributed by atoms with Crippen molar-refractivity contribution in [3.8, 4) is 0 Å². The molecule has 0 fully saturated rings. The Morgan fingerprint density at radius 3 is 2.33 bits per heavy atom. The molecule has 0 aliphatic heterocycles. The first kappa shape index (κ1) is 24.4. The van der Waals surface area contributed by atoms with Crippen LogP contribution in [0.15, 0.2) is 53.0 Å². The van der Waals surface area contributed by atoms with Gasteiger partial charge in [-0.25, -0.2) is 8.42 Å². The molecule has 0 radical (unpaired) electrons. The molecule has 0 heterocycles. The second-order valence-electron chi connectivity index (χ2n) is 7.54. The van der Waals surface area contributed by atoms with Gasteiger partial charge in [0.1, 0.15) is 0 Å². The van der Waals surface area contributed by atoms with Crippen molar-refractivity contribution in [1.29, 1.82) is 0 Å². The molecule has 0 bridgehead atoms. The molecule has 1 N–H and O–H groups in total. The standard InChI is InChI=1S/C23H31BrN2O3S/c1-4-6-9-18(5-2)16-25-23(27)20-14-12-19(13-15-20)17-26(30(3,28)29)22-11-8-7-10-21(22)24/h7-8,10-15,18H,4-6,9,16-17H2,1-3H3,(H,25,27)/t18-/m0/s1. The van der Waals surface area contributed by atoms with Gasteiger partial charge < -0.3 is 5.32 Å². The number of para-hydroxylation sites is 1. The van der Waals surface area contributed by atoms with Crippen molar-refractivity contribution in [2.45, 2.75) is 46.1 Å². The highest BCUT2D eigenvalue weighted by molar-refractivity contribution is 9.10. The van der Waals surface area contributed by atoms with E-state index in [4.69, 9.17) is 0 Å². The lowest BCUT2D eigenvalue weighted by Crippen LogP contribution is -2.30. The van der Waals surface area contributed by atoms with Crippen molar-refractivity contribution in [3.63, 3.8) is 0 Å².